The Labute approximate surface area is 117 Å². The fraction of sp³-hybridized carbons (Fsp3) is 0.429. The van der Waals surface area contributed by atoms with Gasteiger partial charge in [-0.15, -0.1) is 0 Å². The van der Waals surface area contributed by atoms with Crippen LogP contribution in [0.25, 0.3) is 0 Å². The zero-order valence-electron chi connectivity index (χ0n) is 10.7. The molecule has 1 aromatic rings. The average Bonchev–Trinajstić information content (AvgIpc) is 3.23. The Balaban J connectivity index is 2.25. The Hall–Kier alpha value is -1.73. The molecule has 2 rings (SSSR count). The molecule has 1 aromatic carbocycles. The number of methoxy groups -OCH3 is 1. The summed E-state index contributed by atoms with van der Waals surface area (Å²) >= 11 is 5.94. The maximum Gasteiger partial charge on any atom is 0.257 e. The van der Waals surface area contributed by atoms with E-state index in [1.807, 2.05) is 0 Å². The molecule has 0 unspecified atom stereocenters. The van der Waals surface area contributed by atoms with Crippen LogP contribution in [0, 0.1) is 11.3 Å². The Kier molecular flexibility index (Phi) is 4.28. The smallest absolute Gasteiger partial charge is 0.257 e. The highest BCUT2D eigenvalue weighted by Gasteiger charge is 2.33. The lowest BCUT2D eigenvalue weighted by atomic mass is 10.1. The summed E-state index contributed by atoms with van der Waals surface area (Å²) in [6.45, 7) is 0.454. The molecule has 100 valence electrons. The van der Waals surface area contributed by atoms with E-state index in [0.29, 0.717) is 29.3 Å². The maximum absolute atomic E-state index is 12.5. The number of nitrogens with zero attached hydrogens (tertiary/aromatic N) is 2. The summed E-state index contributed by atoms with van der Waals surface area (Å²) in [6.07, 6.45) is 2.34. The van der Waals surface area contributed by atoms with E-state index in [2.05, 4.69) is 6.07 Å². The number of halogens is 1. The molecule has 0 saturated heterocycles. The second-order valence-corrected chi connectivity index (χ2v) is 4.92. The number of hydrogen-bond acceptors (Lipinski definition) is 3. The molecule has 0 spiro atoms. The number of ether oxygens (including phenoxy) is 1. The Morgan fingerprint density at radius 3 is 2.89 bits per heavy atom. The van der Waals surface area contributed by atoms with E-state index in [0.717, 1.165) is 12.8 Å². The van der Waals surface area contributed by atoms with Gasteiger partial charge in [-0.1, -0.05) is 11.6 Å². The molecule has 19 heavy (non-hydrogen) atoms. The number of nitriles is 1. The van der Waals surface area contributed by atoms with Gasteiger partial charge in [-0.2, -0.15) is 5.26 Å². The first kappa shape index (κ1) is 13.7. The van der Waals surface area contributed by atoms with Gasteiger partial charge >= 0.3 is 0 Å². The predicted molar refractivity (Wildman–Crippen MR) is 72.3 cm³/mol. The minimum atomic E-state index is -0.114. The van der Waals surface area contributed by atoms with Gasteiger partial charge in [0.1, 0.15) is 5.75 Å². The zero-order valence-corrected chi connectivity index (χ0v) is 11.5. The lowest BCUT2D eigenvalue weighted by Gasteiger charge is -2.22. The van der Waals surface area contributed by atoms with Crippen molar-refractivity contribution in [3.63, 3.8) is 0 Å². The van der Waals surface area contributed by atoms with E-state index in [1.165, 1.54) is 7.11 Å². The summed E-state index contributed by atoms with van der Waals surface area (Å²) in [4.78, 5) is 14.3. The number of carbonyl (C=O) groups is 1. The van der Waals surface area contributed by atoms with Crippen LogP contribution >= 0.6 is 11.6 Å². The zero-order chi connectivity index (χ0) is 13.8. The van der Waals surface area contributed by atoms with Gasteiger partial charge in [0, 0.05) is 17.6 Å². The highest BCUT2D eigenvalue weighted by atomic mass is 35.5. The molecule has 1 aliphatic carbocycles. The van der Waals surface area contributed by atoms with Crippen LogP contribution in [0.15, 0.2) is 18.2 Å². The molecule has 1 aliphatic rings. The molecule has 0 radical (unpaired) electrons. The largest absolute Gasteiger partial charge is 0.496 e. The molecule has 4 nitrogen and oxygen atoms in total. The first-order chi connectivity index (χ1) is 9.17. The number of carbonyl (C=O) groups excluding carboxylic acids is 1. The lowest BCUT2D eigenvalue weighted by molar-refractivity contribution is 0.0743. The van der Waals surface area contributed by atoms with Crippen molar-refractivity contribution >= 4 is 17.5 Å². The fourth-order valence-corrected chi connectivity index (χ4v) is 2.18. The Morgan fingerprint density at radius 2 is 2.32 bits per heavy atom. The SMILES string of the molecule is COc1ccc(Cl)cc1C(=O)N(CCC#N)C1CC1. The van der Waals surface area contributed by atoms with Crippen molar-refractivity contribution in [3.05, 3.63) is 28.8 Å². The summed E-state index contributed by atoms with van der Waals surface area (Å²) in [6, 6.07) is 7.32. The molecule has 0 N–H and O–H groups in total. The van der Waals surface area contributed by atoms with Crippen LogP contribution in [-0.2, 0) is 0 Å². The molecule has 0 aromatic heterocycles. The molecular formula is C14H15ClN2O2. The number of rotatable bonds is 5. The van der Waals surface area contributed by atoms with Crippen molar-refractivity contribution in [2.45, 2.75) is 25.3 Å². The third-order valence-corrected chi connectivity index (χ3v) is 3.34. The molecular weight excluding hydrogens is 264 g/mol. The monoisotopic (exact) mass is 278 g/mol. The molecule has 0 aliphatic heterocycles. The highest BCUT2D eigenvalue weighted by Crippen LogP contribution is 2.31. The predicted octanol–water partition coefficient (Wildman–Crippen LogP) is 2.87. The van der Waals surface area contributed by atoms with Crippen molar-refractivity contribution in [3.8, 4) is 11.8 Å². The highest BCUT2D eigenvalue weighted by molar-refractivity contribution is 6.31. The second kappa shape index (κ2) is 5.94. The van der Waals surface area contributed by atoms with E-state index in [-0.39, 0.29) is 11.9 Å². The van der Waals surface area contributed by atoms with E-state index < -0.39 is 0 Å². The first-order valence-electron chi connectivity index (χ1n) is 6.19. The quantitative estimate of drug-likeness (QED) is 0.832. The van der Waals surface area contributed by atoms with Gasteiger partial charge in [0.15, 0.2) is 0 Å². The third kappa shape index (κ3) is 3.18. The van der Waals surface area contributed by atoms with Crippen molar-refractivity contribution in [2.75, 3.05) is 13.7 Å². The third-order valence-electron chi connectivity index (χ3n) is 3.10. The van der Waals surface area contributed by atoms with Gasteiger partial charge in [-0.25, -0.2) is 0 Å². The molecule has 5 heteroatoms. The first-order valence-corrected chi connectivity index (χ1v) is 6.56. The number of benzene rings is 1. The Morgan fingerprint density at radius 1 is 1.58 bits per heavy atom. The van der Waals surface area contributed by atoms with Crippen molar-refractivity contribution < 1.29 is 9.53 Å². The maximum atomic E-state index is 12.5. The van der Waals surface area contributed by atoms with Crippen LogP contribution in [0.2, 0.25) is 5.02 Å². The van der Waals surface area contributed by atoms with Crippen LogP contribution in [0.4, 0.5) is 0 Å². The molecule has 1 fully saturated rings. The summed E-state index contributed by atoms with van der Waals surface area (Å²) in [5, 5.41) is 9.18. The minimum Gasteiger partial charge on any atom is -0.496 e. The standard InChI is InChI=1S/C14H15ClN2O2/c1-19-13-6-3-10(15)9-12(13)14(18)17(8-2-7-16)11-4-5-11/h3,6,9,11H,2,4-5,8H2,1H3. The number of hydrogen-bond donors (Lipinski definition) is 0. The average molecular weight is 279 g/mol. The normalized spacial score (nSPS) is 13.7. The summed E-state index contributed by atoms with van der Waals surface area (Å²) < 4.78 is 5.21. The second-order valence-electron chi connectivity index (χ2n) is 4.48. The molecule has 0 bridgehead atoms. The topological polar surface area (TPSA) is 53.3 Å². The Bertz CT molecular complexity index is 521. The number of amides is 1. The van der Waals surface area contributed by atoms with E-state index in [9.17, 15) is 4.79 Å². The van der Waals surface area contributed by atoms with Gasteiger partial charge in [-0.05, 0) is 31.0 Å². The van der Waals surface area contributed by atoms with Crippen molar-refractivity contribution in [1.82, 2.24) is 4.90 Å². The van der Waals surface area contributed by atoms with Crippen LogP contribution < -0.4 is 4.74 Å². The van der Waals surface area contributed by atoms with Gasteiger partial charge < -0.3 is 9.64 Å². The molecule has 1 amide bonds. The van der Waals surface area contributed by atoms with E-state index in [4.69, 9.17) is 21.6 Å². The van der Waals surface area contributed by atoms with Gasteiger partial charge in [0.25, 0.3) is 5.91 Å². The van der Waals surface area contributed by atoms with Crippen LogP contribution in [0.5, 0.6) is 5.75 Å². The van der Waals surface area contributed by atoms with E-state index in [1.54, 1.807) is 23.1 Å². The van der Waals surface area contributed by atoms with Crippen LogP contribution in [0.3, 0.4) is 0 Å². The van der Waals surface area contributed by atoms with Gasteiger partial charge in [-0.3, -0.25) is 4.79 Å². The lowest BCUT2D eigenvalue weighted by Crippen LogP contribution is -2.34. The minimum absolute atomic E-state index is 0.114. The fourth-order valence-electron chi connectivity index (χ4n) is 2.01. The van der Waals surface area contributed by atoms with Crippen molar-refractivity contribution in [1.29, 1.82) is 5.26 Å². The summed E-state index contributed by atoms with van der Waals surface area (Å²) in [7, 11) is 1.52. The van der Waals surface area contributed by atoms with Crippen LogP contribution in [0.1, 0.15) is 29.6 Å². The van der Waals surface area contributed by atoms with Crippen LogP contribution in [-0.4, -0.2) is 30.5 Å². The summed E-state index contributed by atoms with van der Waals surface area (Å²) in [5.41, 5.74) is 0.458. The van der Waals surface area contributed by atoms with Gasteiger partial charge in [0.05, 0.1) is 25.2 Å². The van der Waals surface area contributed by atoms with E-state index >= 15 is 0 Å². The molecule has 1 saturated carbocycles. The molecule has 0 heterocycles. The molecule has 0 atom stereocenters. The van der Waals surface area contributed by atoms with Crippen molar-refractivity contribution in [2.24, 2.45) is 0 Å². The summed E-state index contributed by atoms with van der Waals surface area (Å²) in [5.74, 6) is 0.397. The van der Waals surface area contributed by atoms with Gasteiger partial charge in [0.2, 0.25) is 0 Å².